The van der Waals surface area contributed by atoms with Crippen LogP contribution in [0.5, 0.6) is 0 Å². The van der Waals surface area contributed by atoms with Gasteiger partial charge in [-0.2, -0.15) is 13.2 Å². The summed E-state index contributed by atoms with van der Waals surface area (Å²) in [6, 6.07) is 3.04. The highest BCUT2D eigenvalue weighted by Crippen LogP contribution is 2.26. The number of rotatable bonds is 5. The number of alkyl halides is 4. The van der Waals surface area contributed by atoms with Gasteiger partial charge in [-0.15, -0.1) is 11.6 Å². The van der Waals surface area contributed by atoms with Gasteiger partial charge in [0.1, 0.15) is 40.4 Å². The van der Waals surface area contributed by atoms with Gasteiger partial charge in [-0.1, -0.05) is 17.7 Å². The predicted molar refractivity (Wildman–Crippen MR) is 101 cm³/mol. The monoisotopic (exact) mass is 467 g/mol. The van der Waals surface area contributed by atoms with Crippen LogP contribution in [-0.2, 0) is 0 Å². The number of nitrogens with zero attached hydrogens (tertiary/aromatic N) is 2. The Kier molecular flexibility index (Phi) is 6.32. The minimum Gasteiger partial charge on any atom is -0.374 e. The average Bonchev–Trinajstić information content (AvgIpc) is 2.66. The van der Waals surface area contributed by atoms with Crippen LogP contribution in [0.3, 0.4) is 0 Å². The first-order valence-corrected chi connectivity index (χ1v) is 9.18. The number of halogens is 7. The van der Waals surface area contributed by atoms with Crippen LogP contribution in [-0.4, -0.2) is 32.8 Å². The van der Waals surface area contributed by atoms with Crippen LogP contribution in [0.1, 0.15) is 11.8 Å². The van der Waals surface area contributed by atoms with Gasteiger partial charge in [0.15, 0.2) is 5.43 Å². The number of nitrogens with one attached hydrogen (secondary N) is 1. The average molecular weight is 468 g/mol. The second-order valence-electron chi connectivity index (χ2n) is 6.18. The lowest BCUT2D eigenvalue weighted by Gasteiger charge is -2.23. The fourth-order valence-corrected chi connectivity index (χ4v) is 3.20. The van der Waals surface area contributed by atoms with E-state index in [9.17, 15) is 31.9 Å². The molecule has 3 aromatic rings. The zero-order valence-electron chi connectivity index (χ0n) is 14.7. The highest BCUT2D eigenvalue weighted by molar-refractivity contribution is 6.29. The molecule has 2 N–H and O–H groups in total. The van der Waals surface area contributed by atoms with Crippen molar-refractivity contribution in [2.24, 2.45) is 0 Å². The number of pyridine rings is 2. The summed E-state index contributed by atoms with van der Waals surface area (Å²) in [6.45, 7) is 0. The predicted octanol–water partition coefficient (Wildman–Crippen LogP) is 4.07. The molecular formula is C18H12Cl2F5N3O2. The molecule has 0 saturated carbocycles. The Morgan fingerprint density at radius 2 is 1.80 bits per heavy atom. The lowest BCUT2D eigenvalue weighted by atomic mass is 10.1. The van der Waals surface area contributed by atoms with Crippen molar-refractivity contribution >= 4 is 34.2 Å². The minimum atomic E-state index is -4.81. The number of aliphatic hydroxyl groups excluding tert-OH is 1. The van der Waals surface area contributed by atoms with Gasteiger partial charge in [0.05, 0.1) is 10.9 Å². The van der Waals surface area contributed by atoms with E-state index in [1.54, 1.807) is 5.32 Å². The Hall–Kier alpha value is -2.27. The Morgan fingerprint density at radius 1 is 1.17 bits per heavy atom. The van der Waals surface area contributed by atoms with Crippen molar-refractivity contribution in [3.05, 3.63) is 69.1 Å². The maximum Gasteiger partial charge on any atom is 0.405 e. The SMILES string of the molecule is O=c1c(C(O)N[C@@H](CCl)C(F)(F)F)cn(-c2c(F)cccc2F)c2nc(Cl)ccc12. The fraction of sp³-hybridized carbons (Fsp3) is 0.222. The van der Waals surface area contributed by atoms with Crippen molar-refractivity contribution < 1.29 is 27.1 Å². The van der Waals surface area contributed by atoms with Crippen molar-refractivity contribution in [1.29, 1.82) is 0 Å². The second-order valence-corrected chi connectivity index (χ2v) is 6.87. The number of aromatic nitrogens is 2. The molecule has 0 radical (unpaired) electrons. The number of benzene rings is 1. The molecule has 0 spiro atoms. The molecule has 12 heteroatoms. The number of para-hydroxylation sites is 1. The van der Waals surface area contributed by atoms with Crippen LogP contribution in [0.4, 0.5) is 22.0 Å². The maximum absolute atomic E-state index is 14.4. The molecule has 1 aromatic carbocycles. The Bertz CT molecular complexity index is 1130. The molecule has 2 heterocycles. The van der Waals surface area contributed by atoms with Gasteiger partial charge in [0.25, 0.3) is 0 Å². The standard InChI is InChI=1S/C18H12Cl2F5N3O2/c19-6-12(18(23,24)25)26-17(30)9-7-28(14-10(21)2-1-3-11(14)22)16-8(15(9)29)4-5-13(20)27-16/h1-5,7,12,17,26,30H,6H2/t12-,17?/m0/s1. The topological polar surface area (TPSA) is 67.2 Å². The highest BCUT2D eigenvalue weighted by Gasteiger charge is 2.40. The summed E-state index contributed by atoms with van der Waals surface area (Å²) in [5.74, 6) is -3.02. The summed E-state index contributed by atoms with van der Waals surface area (Å²) in [4.78, 5) is 16.7. The van der Waals surface area contributed by atoms with Gasteiger partial charge in [0, 0.05) is 12.1 Å². The first kappa shape index (κ1) is 22.4. The normalized spacial score (nSPS) is 14.1. The summed E-state index contributed by atoms with van der Waals surface area (Å²) in [6.07, 6.45) is -6.16. The lowest BCUT2D eigenvalue weighted by molar-refractivity contribution is -0.158. The van der Waals surface area contributed by atoms with Crippen LogP contribution in [0.2, 0.25) is 5.15 Å². The molecule has 0 fully saturated rings. The van der Waals surface area contributed by atoms with Crippen molar-refractivity contribution in [2.45, 2.75) is 18.4 Å². The van der Waals surface area contributed by atoms with Gasteiger partial charge in [-0.3, -0.25) is 14.7 Å². The summed E-state index contributed by atoms with van der Waals surface area (Å²) in [7, 11) is 0. The molecule has 160 valence electrons. The zero-order chi connectivity index (χ0) is 22.2. The Morgan fingerprint density at radius 3 is 2.37 bits per heavy atom. The molecule has 0 aliphatic heterocycles. The molecule has 0 aliphatic rings. The lowest BCUT2D eigenvalue weighted by Crippen LogP contribution is -2.46. The van der Waals surface area contributed by atoms with Crippen molar-refractivity contribution in [1.82, 2.24) is 14.9 Å². The van der Waals surface area contributed by atoms with E-state index in [0.717, 1.165) is 29.0 Å². The largest absolute Gasteiger partial charge is 0.405 e. The van der Waals surface area contributed by atoms with E-state index in [-0.39, 0.29) is 16.2 Å². The molecule has 2 aromatic heterocycles. The van der Waals surface area contributed by atoms with Gasteiger partial charge < -0.3 is 5.11 Å². The fourth-order valence-electron chi connectivity index (χ4n) is 2.79. The third-order valence-electron chi connectivity index (χ3n) is 4.23. The van der Waals surface area contributed by atoms with E-state index < -0.39 is 52.6 Å². The summed E-state index contributed by atoms with van der Waals surface area (Å²) >= 11 is 11.1. The third kappa shape index (κ3) is 4.27. The molecule has 30 heavy (non-hydrogen) atoms. The van der Waals surface area contributed by atoms with Crippen LogP contribution in [0.25, 0.3) is 16.7 Å². The van der Waals surface area contributed by atoms with E-state index in [1.165, 1.54) is 12.1 Å². The second kappa shape index (κ2) is 8.46. The molecule has 0 amide bonds. The van der Waals surface area contributed by atoms with Gasteiger partial charge in [-0.25, -0.2) is 13.8 Å². The summed E-state index contributed by atoms with van der Waals surface area (Å²) in [5.41, 5.74) is -2.42. The molecule has 1 unspecified atom stereocenters. The van der Waals surface area contributed by atoms with Crippen molar-refractivity contribution in [3.63, 3.8) is 0 Å². The molecular weight excluding hydrogens is 456 g/mol. The molecule has 2 atom stereocenters. The highest BCUT2D eigenvalue weighted by atomic mass is 35.5. The van der Waals surface area contributed by atoms with Gasteiger partial charge in [0.2, 0.25) is 0 Å². The molecule has 3 rings (SSSR count). The first-order valence-electron chi connectivity index (χ1n) is 8.27. The Balaban J connectivity index is 2.26. The van der Waals surface area contributed by atoms with Gasteiger partial charge in [-0.05, 0) is 24.3 Å². The van der Waals surface area contributed by atoms with E-state index in [0.29, 0.717) is 0 Å². The van der Waals surface area contributed by atoms with E-state index >= 15 is 0 Å². The number of hydrogen-bond donors (Lipinski definition) is 2. The zero-order valence-corrected chi connectivity index (χ0v) is 16.2. The van der Waals surface area contributed by atoms with Crippen LogP contribution in [0.15, 0.2) is 41.3 Å². The van der Waals surface area contributed by atoms with Crippen molar-refractivity contribution in [2.75, 3.05) is 5.88 Å². The third-order valence-corrected chi connectivity index (χ3v) is 4.74. The molecule has 0 saturated heterocycles. The first-order chi connectivity index (χ1) is 14.0. The van der Waals surface area contributed by atoms with E-state index in [4.69, 9.17) is 23.2 Å². The quantitative estimate of drug-likeness (QED) is 0.257. The summed E-state index contributed by atoms with van der Waals surface area (Å²) in [5, 5.41) is 11.7. The van der Waals surface area contributed by atoms with Crippen LogP contribution >= 0.6 is 23.2 Å². The Labute approximate surface area is 175 Å². The number of fused-ring (bicyclic) bond motifs is 1. The minimum absolute atomic E-state index is 0.0990. The number of aliphatic hydroxyl groups is 1. The molecule has 0 aliphatic carbocycles. The smallest absolute Gasteiger partial charge is 0.374 e. The van der Waals surface area contributed by atoms with Gasteiger partial charge >= 0.3 is 6.18 Å². The maximum atomic E-state index is 14.4. The van der Waals surface area contributed by atoms with Crippen LogP contribution in [0, 0.1) is 11.6 Å². The molecule has 5 nitrogen and oxygen atoms in total. The number of hydrogen-bond acceptors (Lipinski definition) is 4. The summed E-state index contributed by atoms with van der Waals surface area (Å²) < 4.78 is 68.5. The van der Waals surface area contributed by atoms with E-state index in [1.807, 2.05) is 0 Å². The van der Waals surface area contributed by atoms with E-state index in [2.05, 4.69) is 4.98 Å². The van der Waals surface area contributed by atoms with Crippen LogP contribution < -0.4 is 10.7 Å². The van der Waals surface area contributed by atoms with Crippen molar-refractivity contribution in [3.8, 4) is 5.69 Å². The molecule has 0 bridgehead atoms.